The Morgan fingerprint density at radius 1 is 0.962 bits per heavy atom. The Hall–Kier alpha value is -2.54. The number of nitrogens with zero attached hydrogens (tertiary/aromatic N) is 1. The van der Waals surface area contributed by atoms with Gasteiger partial charge in [-0.15, -0.1) is 0 Å². The number of carbonyl (C=O) groups excluding carboxylic acids is 2. The van der Waals surface area contributed by atoms with E-state index in [9.17, 15) is 22.8 Å². The number of hydrogen-bond acceptors (Lipinski definition) is 3. The lowest BCUT2D eigenvalue weighted by Crippen LogP contribution is -2.30. The lowest BCUT2D eigenvalue weighted by Gasteiger charge is -2.12. The van der Waals surface area contributed by atoms with Crippen LogP contribution in [0.4, 0.5) is 18.0 Å². The molecule has 0 bridgehead atoms. The first kappa shape index (κ1) is 18.3. The van der Waals surface area contributed by atoms with Crippen molar-refractivity contribution >= 4 is 29.0 Å². The third kappa shape index (κ3) is 4.16. The first-order chi connectivity index (χ1) is 12.3. The molecule has 0 saturated carbocycles. The Bertz CT molecular complexity index is 845. The number of alkyl halides is 3. The highest BCUT2D eigenvalue weighted by Crippen LogP contribution is 2.33. The van der Waals surface area contributed by atoms with Crippen molar-refractivity contribution in [1.29, 1.82) is 0 Å². The van der Waals surface area contributed by atoms with Crippen molar-refractivity contribution in [1.82, 2.24) is 4.90 Å². The minimum Gasteiger partial charge on any atom is -0.268 e. The number of imide groups is 1. The summed E-state index contributed by atoms with van der Waals surface area (Å²) in [4.78, 5) is 25.8. The number of benzene rings is 2. The first-order valence-corrected chi connectivity index (χ1v) is 8.63. The van der Waals surface area contributed by atoms with Gasteiger partial charge in [-0.1, -0.05) is 42.5 Å². The smallest absolute Gasteiger partial charge is 0.268 e. The Balaban J connectivity index is 1.70. The molecule has 0 unspecified atom stereocenters. The number of amides is 2. The van der Waals surface area contributed by atoms with E-state index in [1.165, 1.54) is 18.2 Å². The molecular weight excluding hydrogens is 363 g/mol. The number of halogens is 3. The summed E-state index contributed by atoms with van der Waals surface area (Å²) < 4.78 is 37.8. The van der Waals surface area contributed by atoms with Gasteiger partial charge in [-0.05, 0) is 47.5 Å². The van der Waals surface area contributed by atoms with E-state index >= 15 is 0 Å². The maximum atomic E-state index is 12.6. The topological polar surface area (TPSA) is 37.4 Å². The summed E-state index contributed by atoms with van der Waals surface area (Å²) in [5.41, 5.74) is 0.690. The molecule has 1 heterocycles. The summed E-state index contributed by atoms with van der Waals surface area (Å²) in [6.45, 7) is 0.263. The highest BCUT2D eigenvalue weighted by molar-refractivity contribution is 8.18. The molecule has 2 aromatic carbocycles. The zero-order valence-electron chi connectivity index (χ0n) is 13.5. The van der Waals surface area contributed by atoms with Gasteiger partial charge in [-0.3, -0.25) is 14.5 Å². The van der Waals surface area contributed by atoms with Gasteiger partial charge in [0.15, 0.2) is 0 Å². The molecule has 0 N–H and O–H groups in total. The second-order valence-electron chi connectivity index (χ2n) is 5.69. The third-order valence-corrected chi connectivity index (χ3v) is 4.78. The number of rotatable bonds is 4. The minimum absolute atomic E-state index is 0.211. The molecule has 7 heteroatoms. The molecule has 3 rings (SSSR count). The summed E-state index contributed by atoms with van der Waals surface area (Å²) in [7, 11) is 0. The molecule has 0 aromatic heterocycles. The second kappa shape index (κ2) is 7.37. The fraction of sp³-hybridized carbons (Fsp3) is 0.158. The predicted molar refractivity (Wildman–Crippen MR) is 94.3 cm³/mol. The average Bonchev–Trinajstić information content (AvgIpc) is 2.87. The molecule has 134 valence electrons. The van der Waals surface area contributed by atoms with Crippen molar-refractivity contribution in [3.05, 3.63) is 76.2 Å². The molecule has 1 aliphatic heterocycles. The SMILES string of the molecule is O=C1S/C(=C\c2ccc(C(F)(F)F)cc2)C(=O)N1CCc1ccccc1. The van der Waals surface area contributed by atoms with Gasteiger partial charge in [-0.2, -0.15) is 13.2 Å². The molecule has 1 saturated heterocycles. The van der Waals surface area contributed by atoms with Crippen LogP contribution in [0.25, 0.3) is 6.08 Å². The highest BCUT2D eigenvalue weighted by atomic mass is 32.2. The molecule has 0 radical (unpaired) electrons. The molecular formula is C19H14F3NO2S. The molecule has 1 fully saturated rings. The average molecular weight is 377 g/mol. The zero-order valence-corrected chi connectivity index (χ0v) is 14.3. The standard InChI is InChI=1S/C19H14F3NO2S/c20-19(21,22)15-8-6-14(7-9-15)12-16-17(24)23(18(25)26-16)11-10-13-4-2-1-3-5-13/h1-9,12H,10-11H2/b16-12-. The second-order valence-corrected chi connectivity index (χ2v) is 6.68. The van der Waals surface area contributed by atoms with Crippen molar-refractivity contribution in [3.8, 4) is 0 Å². The van der Waals surface area contributed by atoms with Gasteiger partial charge in [0.05, 0.1) is 10.5 Å². The van der Waals surface area contributed by atoms with Crippen molar-refractivity contribution < 1.29 is 22.8 Å². The van der Waals surface area contributed by atoms with Crippen LogP contribution in [-0.4, -0.2) is 22.6 Å². The van der Waals surface area contributed by atoms with Gasteiger partial charge in [0.1, 0.15) is 0 Å². The number of thioether (sulfide) groups is 1. The summed E-state index contributed by atoms with van der Waals surface area (Å²) in [5.74, 6) is -0.421. The van der Waals surface area contributed by atoms with Crippen LogP contribution in [0.2, 0.25) is 0 Å². The van der Waals surface area contributed by atoms with Crippen molar-refractivity contribution in [3.63, 3.8) is 0 Å². The summed E-state index contributed by atoms with van der Waals surface area (Å²) in [5, 5.41) is -0.371. The summed E-state index contributed by atoms with van der Waals surface area (Å²) in [6.07, 6.45) is -2.42. The monoisotopic (exact) mass is 377 g/mol. The van der Waals surface area contributed by atoms with E-state index in [0.717, 1.165) is 34.4 Å². The van der Waals surface area contributed by atoms with Gasteiger partial charge >= 0.3 is 6.18 Å². The molecule has 3 nitrogen and oxygen atoms in total. The molecule has 2 amide bonds. The molecule has 0 atom stereocenters. The van der Waals surface area contributed by atoms with E-state index in [1.54, 1.807) is 0 Å². The molecule has 0 spiro atoms. The Kier molecular flexibility index (Phi) is 5.18. The van der Waals surface area contributed by atoms with E-state index < -0.39 is 17.6 Å². The summed E-state index contributed by atoms with van der Waals surface area (Å²) >= 11 is 0.798. The van der Waals surface area contributed by atoms with E-state index in [4.69, 9.17) is 0 Å². The van der Waals surface area contributed by atoms with E-state index in [0.29, 0.717) is 12.0 Å². The minimum atomic E-state index is -4.41. The maximum Gasteiger partial charge on any atom is 0.416 e. The van der Waals surface area contributed by atoms with E-state index in [1.807, 2.05) is 30.3 Å². The lowest BCUT2D eigenvalue weighted by molar-refractivity contribution is -0.137. The van der Waals surface area contributed by atoms with Crippen LogP contribution < -0.4 is 0 Å². The molecule has 26 heavy (non-hydrogen) atoms. The van der Waals surface area contributed by atoms with Crippen LogP contribution in [0.15, 0.2) is 59.5 Å². The van der Waals surface area contributed by atoms with Crippen LogP contribution in [0.1, 0.15) is 16.7 Å². The highest BCUT2D eigenvalue weighted by Gasteiger charge is 2.34. The summed E-state index contributed by atoms with van der Waals surface area (Å²) in [6, 6.07) is 13.9. The Morgan fingerprint density at radius 3 is 2.23 bits per heavy atom. The molecule has 1 aliphatic rings. The van der Waals surface area contributed by atoms with Gasteiger partial charge < -0.3 is 0 Å². The maximum absolute atomic E-state index is 12.6. The lowest BCUT2D eigenvalue weighted by atomic mass is 10.1. The molecule has 2 aromatic rings. The van der Waals surface area contributed by atoms with Crippen LogP contribution in [0.3, 0.4) is 0 Å². The Morgan fingerprint density at radius 2 is 1.62 bits per heavy atom. The fourth-order valence-corrected chi connectivity index (χ4v) is 3.36. The largest absolute Gasteiger partial charge is 0.416 e. The van der Waals surface area contributed by atoms with Crippen molar-refractivity contribution in [2.24, 2.45) is 0 Å². The van der Waals surface area contributed by atoms with Gasteiger partial charge in [0.25, 0.3) is 11.1 Å². The predicted octanol–water partition coefficient (Wildman–Crippen LogP) is 4.98. The van der Waals surface area contributed by atoms with Crippen LogP contribution in [-0.2, 0) is 17.4 Å². The number of hydrogen-bond donors (Lipinski definition) is 0. The zero-order chi connectivity index (χ0) is 18.7. The van der Waals surface area contributed by atoms with Gasteiger partial charge in [0, 0.05) is 6.54 Å². The Labute approximate surface area is 152 Å². The molecule has 0 aliphatic carbocycles. The van der Waals surface area contributed by atoms with Crippen molar-refractivity contribution in [2.75, 3.05) is 6.54 Å². The normalized spacial score (nSPS) is 16.6. The third-order valence-electron chi connectivity index (χ3n) is 3.88. The van der Waals surface area contributed by atoms with E-state index in [2.05, 4.69) is 0 Å². The van der Waals surface area contributed by atoms with Gasteiger partial charge in [0.2, 0.25) is 0 Å². The fourth-order valence-electron chi connectivity index (χ4n) is 2.50. The van der Waals surface area contributed by atoms with Gasteiger partial charge in [-0.25, -0.2) is 0 Å². The van der Waals surface area contributed by atoms with Crippen molar-refractivity contribution in [2.45, 2.75) is 12.6 Å². The number of carbonyl (C=O) groups is 2. The van der Waals surface area contributed by atoms with Crippen LogP contribution in [0.5, 0.6) is 0 Å². The van der Waals surface area contributed by atoms with E-state index in [-0.39, 0.29) is 16.7 Å². The van der Waals surface area contributed by atoms with Crippen LogP contribution >= 0.6 is 11.8 Å². The first-order valence-electron chi connectivity index (χ1n) is 7.81. The van der Waals surface area contributed by atoms with Crippen LogP contribution in [0, 0.1) is 0 Å². The quantitative estimate of drug-likeness (QED) is 0.705.